The van der Waals surface area contributed by atoms with Crippen molar-refractivity contribution in [1.29, 1.82) is 0 Å². The van der Waals surface area contributed by atoms with Gasteiger partial charge in [-0.2, -0.15) is 0 Å². The van der Waals surface area contributed by atoms with Gasteiger partial charge in [-0.25, -0.2) is 0 Å². The number of furan rings is 1. The minimum absolute atomic E-state index is 0.877. The van der Waals surface area contributed by atoms with Gasteiger partial charge in [0.1, 0.15) is 11.2 Å². The average molecular weight is 690 g/mol. The second-order valence-corrected chi connectivity index (χ2v) is 13.7. The molecule has 0 bridgehead atoms. The summed E-state index contributed by atoms with van der Waals surface area (Å²) in [6.07, 6.45) is 0. The topological polar surface area (TPSA) is 16.4 Å². The van der Waals surface area contributed by atoms with Crippen molar-refractivity contribution >= 4 is 49.8 Å². The second kappa shape index (κ2) is 13.4. The summed E-state index contributed by atoms with van der Waals surface area (Å²) in [5.74, 6) is 0. The van der Waals surface area contributed by atoms with Crippen molar-refractivity contribution in [3.05, 3.63) is 212 Å². The van der Waals surface area contributed by atoms with Crippen molar-refractivity contribution in [3.63, 3.8) is 0 Å². The molecule has 0 saturated carbocycles. The summed E-state index contributed by atoms with van der Waals surface area (Å²) in [4.78, 5) is 2.45. The maximum absolute atomic E-state index is 6.69. The Hall–Kier alpha value is -7.16. The maximum Gasteiger partial charge on any atom is 0.143 e. The Labute approximate surface area is 314 Å². The molecule has 0 radical (unpaired) electrons. The van der Waals surface area contributed by atoms with Crippen LogP contribution in [0.5, 0.6) is 0 Å². The molecule has 0 aliphatic heterocycles. The number of nitrogens with zero attached hydrogens (tertiary/aromatic N) is 1. The van der Waals surface area contributed by atoms with E-state index >= 15 is 0 Å². The van der Waals surface area contributed by atoms with Crippen LogP contribution in [0.4, 0.5) is 17.1 Å². The Balaban J connectivity index is 1.28. The first-order chi connectivity index (χ1) is 26.8. The van der Waals surface area contributed by atoms with E-state index < -0.39 is 0 Å². The van der Waals surface area contributed by atoms with Gasteiger partial charge in [0, 0.05) is 33.0 Å². The summed E-state index contributed by atoms with van der Waals surface area (Å²) in [6.45, 7) is 0. The molecule has 0 fully saturated rings. The van der Waals surface area contributed by atoms with Gasteiger partial charge in [-0.15, -0.1) is 0 Å². The SMILES string of the molecule is c1ccc(-c2cc(-c3ccccc3)cc(N(c3ccccc3-c3ccccc3)c3ccccc3-c3cccc4oc5c6ccccc6ccc5c34)c2)cc1. The molecule has 9 aromatic carbocycles. The van der Waals surface area contributed by atoms with Gasteiger partial charge < -0.3 is 9.32 Å². The van der Waals surface area contributed by atoms with E-state index in [4.69, 9.17) is 4.42 Å². The number of hydrogen-bond donors (Lipinski definition) is 0. The van der Waals surface area contributed by atoms with Crippen molar-refractivity contribution in [2.75, 3.05) is 4.90 Å². The molecular formula is C52H35NO. The number of rotatable bonds is 7. The molecule has 54 heavy (non-hydrogen) atoms. The lowest BCUT2D eigenvalue weighted by molar-refractivity contribution is 0.673. The molecular weight excluding hydrogens is 655 g/mol. The largest absolute Gasteiger partial charge is 0.455 e. The van der Waals surface area contributed by atoms with Crippen LogP contribution in [0.15, 0.2) is 217 Å². The lowest BCUT2D eigenvalue weighted by Crippen LogP contribution is -2.13. The number of benzene rings is 9. The molecule has 254 valence electrons. The van der Waals surface area contributed by atoms with Crippen LogP contribution in [0.1, 0.15) is 0 Å². The van der Waals surface area contributed by atoms with Crippen molar-refractivity contribution in [3.8, 4) is 44.5 Å². The number of fused-ring (bicyclic) bond motifs is 5. The van der Waals surface area contributed by atoms with E-state index in [1.807, 2.05) is 0 Å². The Kier molecular flexibility index (Phi) is 7.85. The van der Waals surface area contributed by atoms with Gasteiger partial charge in [-0.05, 0) is 81.2 Å². The van der Waals surface area contributed by atoms with Crippen molar-refractivity contribution in [2.45, 2.75) is 0 Å². The molecule has 0 aliphatic carbocycles. The van der Waals surface area contributed by atoms with Crippen LogP contribution in [0.2, 0.25) is 0 Å². The Morgan fingerprint density at radius 1 is 0.333 bits per heavy atom. The third-order valence-electron chi connectivity index (χ3n) is 10.4. The molecule has 0 saturated heterocycles. The summed E-state index contributed by atoms with van der Waals surface area (Å²) in [5.41, 5.74) is 14.2. The minimum Gasteiger partial charge on any atom is -0.455 e. The highest BCUT2D eigenvalue weighted by molar-refractivity contribution is 6.19. The summed E-state index contributed by atoms with van der Waals surface area (Å²) in [5, 5.41) is 4.52. The molecule has 10 aromatic rings. The second-order valence-electron chi connectivity index (χ2n) is 13.7. The molecule has 1 aromatic heterocycles. The third-order valence-corrected chi connectivity index (χ3v) is 10.4. The number of hydrogen-bond acceptors (Lipinski definition) is 2. The molecule has 0 atom stereocenters. The van der Waals surface area contributed by atoms with Crippen LogP contribution in [0, 0.1) is 0 Å². The Bertz CT molecular complexity index is 2870. The zero-order valence-corrected chi connectivity index (χ0v) is 29.6. The first-order valence-corrected chi connectivity index (χ1v) is 18.4. The average Bonchev–Trinajstić information content (AvgIpc) is 3.65. The van der Waals surface area contributed by atoms with Crippen LogP contribution in [-0.2, 0) is 0 Å². The third kappa shape index (κ3) is 5.53. The molecule has 1 heterocycles. The zero-order chi connectivity index (χ0) is 35.8. The first-order valence-electron chi connectivity index (χ1n) is 18.4. The minimum atomic E-state index is 0.877. The van der Waals surface area contributed by atoms with E-state index in [9.17, 15) is 0 Å². The van der Waals surface area contributed by atoms with Crippen LogP contribution >= 0.6 is 0 Å². The molecule has 10 rings (SSSR count). The molecule has 0 spiro atoms. The fourth-order valence-electron chi connectivity index (χ4n) is 7.95. The lowest BCUT2D eigenvalue weighted by atomic mass is 9.94. The van der Waals surface area contributed by atoms with Gasteiger partial charge in [0.05, 0.1) is 11.4 Å². The van der Waals surface area contributed by atoms with Gasteiger partial charge in [0.25, 0.3) is 0 Å². The van der Waals surface area contributed by atoms with Crippen LogP contribution in [0.3, 0.4) is 0 Å². The zero-order valence-electron chi connectivity index (χ0n) is 29.6. The molecule has 2 heteroatoms. The highest BCUT2D eigenvalue weighted by Crippen LogP contribution is 2.48. The van der Waals surface area contributed by atoms with Crippen molar-refractivity contribution < 1.29 is 4.42 Å². The first kappa shape index (κ1) is 31.6. The van der Waals surface area contributed by atoms with E-state index in [1.165, 1.54) is 16.5 Å². The smallest absolute Gasteiger partial charge is 0.143 e. The quantitative estimate of drug-likeness (QED) is 0.166. The van der Waals surface area contributed by atoms with Crippen LogP contribution in [0.25, 0.3) is 77.2 Å². The van der Waals surface area contributed by atoms with E-state index in [1.54, 1.807) is 0 Å². The van der Waals surface area contributed by atoms with Crippen LogP contribution in [-0.4, -0.2) is 0 Å². The standard InChI is InChI=1S/C52H35NO/c1-4-17-36(18-5-1)40-33-41(37-19-6-2-7-20-37)35-42(34-40)53(48-28-14-12-24-43(48)38-21-8-3-9-22-38)49-29-15-13-26-45(49)46-27-16-30-50-51(46)47-32-31-39-23-10-11-25-44(39)52(47)54-50/h1-35H. The normalized spacial score (nSPS) is 11.3. The van der Waals surface area contributed by atoms with E-state index in [0.717, 1.165) is 77.8 Å². The molecule has 0 N–H and O–H groups in total. The van der Waals surface area contributed by atoms with Crippen molar-refractivity contribution in [2.24, 2.45) is 0 Å². The highest BCUT2D eigenvalue weighted by Gasteiger charge is 2.24. The van der Waals surface area contributed by atoms with Gasteiger partial charge >= 0.3 is 0 Å². The Morgan fingerprint density at radius 2 is 0.870 bits per heavy atom. The monoisotopic (exact) mass is 689 g/mol. The number of anilines is 3. The van der Waals surface area contributed by atoms with Gasteiger partial charge in [0.15, 0.2) is 0 Å². The lowest BCUT2D eigenvalue weighted by Gasteiger charge is -2.31. The van der Waals surface area contributed by atoms with Crippen molar-refractivity contribution in [1.82, 2.24) is 0 Å². The van der Waals surface area contributed by atoms with E-state index in [0.29, 0.717) is 0 Å². The summed E-state index contributed by atoms with van der Waals surface area (Å²) >= 11 is 0. The fraction of sp³-hybridized carbons (Fsp3) is 0. The van der Waals surface area contributed by atoms with E-state index in [2.05, 4.69) is 217 Å². The van der Waals surface area contributed by atoms with Gasteiger partial charge in [-0.1, -0.05) is 170 Å². The predicted octanol–water partition coefficient (Wildman–Crippen LogP) is 14.9. The summed E-state index contributed by atoms with van der Waals surface area (Å²) in [6, 6.07) is 75.9. The van der Waals surface area contributed by atoms with E-state index in [-0.39, 0.29) is 0 Å². The highest BCUT2D eigenvalue weighted by atomic mass is 16.3. The Morgan fingerprint density at radius 3 is 1.56 bits per heavy atom. The molecule has 0 amide bonds. The molecule has 0 aliphatic rings. The number of para-hydroxylation sites is 2. The predicted molar refractivity (Wildman–Crippen MR) is 228 cm³/mol. The fourth-order valence-corrected chi connectivity index (χ4v) is 7.95. The van der Waals surface area contributed by atoms with Crippen LogP contribution < -0.4 is 4.90 Å². The molecule has 2 nitrogen and oxygen atoms in total. The summed E-state index contributed by atoms with van der Waals surface area (Å²) < 4.78 is 6.69. The molecule has 0 unspecified atom stereocenters. The maximum atomic E-state index is 6.69. The van der Waals surface area contributed by atoms with Gasteiger partial charge in [-0.3, -0.25) is 0 Å². The summed E-state index contributed by atoms with van der Waals surface area (Å²) in [7, 11) is 0. The van der Waals surface area contributed by atoms with Gasteiger partial charge in [0.2, 0.25) is 0 Å².